The highest BCUT2D eigenvalue weighted by molar-refractivity contribution is 5.89. The van der Waals surface area contributed by atoms with E-state index in [2.05, 4.69) is 10.5 Å². The van der Waals surface area contributed by atoms with E-state index in [9.17, 15) is 9.59 Å². The SMILES string of the molecule is NC(=O)COc1ccc(C=NNC(=O)COc2cccc3ccccc23)cc1. The molecule has 0 bridgehead atoms. The lowest BCUT2D eigenvalue weighted by Crippen LogP contribution is -2.24. The fourth-order valence-corrected chi connectivity index (χ4v) is 2.48. The number of carbonyl (C=O) groups is 2. The average Bonchev–Trinajstić information content (AvgIpc) is 2.71. The molecule has 0 heterocycles. The van der Waals surface area contributed by atoms with Crippen LogP contribution in [-0.4, -0.2) is 31.2 Å². The molecule has 142 valence electrons. The molecule has 0 aliphatic rings. The Bertz CT molecular complexity index is 995. The maximum atomic E-state index is 11.9. The summed E-state index contributed by atoms with van der Waals surface area (Å²) in [7, 11) is 0. The molecule has 0 saturated heterocycles. The molecule has 0 radical (unpaired) electrons. The molecule has 7 nitrogen and oxygen atoms in total. The van der Waals surface area contributed by atoms with Crippen molar-refractivity contribution in [3.63, 3.8) is 0 Å². The summed E-state index contributed by atoms with van der Waals surface area (Å²) in [6.07, 6.45) is 1.49. The molecule has 2 amide bonds. The minimum atomic E-state index is -0.543. The molecule has 7 heteroatoms. The average molecular weight is 377 g/mol. The van der Waals surface area contributed by atoms with Crippen LogP contribution in [0.5, 0.6) is 11.5 Å². The van der Waals surface area contributed by atoms with Gasteiger partial charge in [0.05, 0.1) is 6.21 Å². The van der Waals surface area contributed by atoms with Gasteiger partial charge in [0, 0.05) is 5.39 Å². The third-order valence-corrected chi connectivity index (χ3v) is 3.77. The Morgan fingerprint density at radius 3 is 2.46 bits per heavy atom. The van der Waals surface area contributed by atoms with Gasteiger partial charge in [-0.1, -0.05) is 36.4 Å². The molecule has 0 saturated carbocycles. The molecule has 0 atom stereocenters. The van der Waals surface area contributed by atoms with Crippen LogP contribution < -0.4 is 20.6 Å². The number of rotatable bonds is 8. The maximum absolute atomic E-state index is 11.9. The molecule has 28 heavy (non-hydrogen) atoms. The second-order valence-electron chi connectivity index (χ2n) is 5.88. The second-order valence-corrected chi connectivity index (χ2v) is 5.88. The molecule has 0 unspecified atom stereocenters. The van der Waals surface area contributed by atoms with Gasteiger partial charge in [-0.15, -0.1) is 0 Å². The van der Waals surface area contributed by atoms with E-state index in [4.69, 9.17) is 15.2 Å². The lowest BCUT2D eigenvalue weighted by molar-refractivity contribution is -0.123. The van der Waals surface area contributed by atoms with Crippen LogP contribution in [0, 0.1) is 0 Å². The summed E-state index contributed by atoms with van der Waals surface area (Å²) in [6.45, 7) is -0.328. The maximum Gasteiger partial charge on any atom is 0.277 e. The lowest BCUT2D eigenvalue weighted by atomic mass is 10.1. The number of ether oxygens (including phenoxy) is 2. The summed E-state index contributed by atoms with van der Waals surface area (Å²) in [5.41, 5.74) is 8.19. The fraction of sp³-hybridized carbons (Fsp3) is 0.0952. The number of hydrogen-bond acceptors (Lipinski definition) is 5. The van der Waals surface area contributed by atoms with Gasteiger partial charge in [-0.3, -0.25) is 9.59 Å². The van der Waals surface area contributed by atoms with Crippen LogP contribution in [0.4, 0.5) is 0 Å². The van der Waals surface area contributed by atoms with Crippen LogP contribution in [0.15, 0.2) is 71.8 Å². The summed E-state index contributed by atoms with van der Waals surface area (Å²) in [4.78, 5) is 22.6. The van der Waals surface area contributed by atoms with Gasteiger partial charge in [0.2, 0.25) is 0 Å². The van der Waals surface area contributed by atoms with E-state index in [-0.39, 0.29) is 19.1 Å². The third-order valence-electron chi connectivity index (χ3n) is 3.77. The molecule has 0 aliphatic carbocycles. The van der Waals surface area contributed by atoms with Crippen molar-refractivity contribution < 1.29 is 19.1 Å². The van der Waals surface area contributed by atoms with Gasteiger partial charge in [-0.05, 0) is 41.3 Å². The van der Waals surface area contributed by atoms with Crippen LogP contribution in [0.3, 0.4) is 0 Å². The van der Waals surface area contributed by atoms with Gasteiger partial charge in [0.1, 0.15) is 11.5 Å². The molecule has 0 aromatic heterocycles. The Kier molecular flexibility index (Phi) is 6.20. The van der Waals surface area contributed by atoms with Gasteiger partial charge < -0.3 is 15.2 Å². The van der Waals surface area contributed by atoms with E-state index in [1.165, 1.54) is 6.21 Å². The van der Waals surface area contributed by atoms with E-state index >= 15 is 0 Å². The standard InChI is InChI=1S/C21H19N3O4/c22-20(25)13-27-17-10-8-15(9-11-17)12-23-24-21(26)14-28-19-7-3-5-16-4-1-2-6-18(16)19/h1-12H,13-14H2,(H2,22,25)(H,24,26). The van der Waals surface area contributed by atoms with Crippen LogP contribution >= 0.6 is 0 Å². The molecule has 0 fully saturated rings. The summed E-state index contributed by atoms with van der Waals surface area (Å²) in [5.74, 6) is 0.247. The molecular weight excluding hydrogens is 358 g/mol. The summed E-state index contributed by atoms with van der Waals surface area (Å²) < 4.78 is 10.8. The van der Waals surface area contributed by atoms with E-state index in [1.807, 2.05) is 42.5 Å². The Balaban J connectivity index is 1.49. The number of carbonyl (C=O) groups excluding carboxylic acids is 2. The molecule has 3 aromatic carbocycles. The second kappa shape index (κ2) is 9.18. The predicted octanol–water partition coefficient (Wildman–Crippen LogP) is 2.23. The first kappa shape index (κ1) is 18.9. The highest BCUT2D eigenvalue weighted by Crippen LogP contribution is 2.24. The van der Waals surface area contributed by atoms with Crippen molar-refractivity contribution in [1.29, 1.82) is 0 Å². The zero-order chi connectivity index (χ0) is 19.8. The number of hydrogen-bond donors (Lipinski definition) is 2. The van der Waals surface area contributed by atoms with Gasteiger partial charge in [-0.25, -0.2) is 5.43 Å². The van der Waals surface area contributed by atoms with E-state index < -0.39 is 5.91 Å². The first-order valence-corrected chi connectivity index (χ1v) is 8.55. The van der Waals surface area contributed by atoms with Crippen molar-refractivity contribution in [1.82, 2.24) is 5.43 Å². The number of fused-ring (bicyclic) bond motifs is 1. The first-order chi connectivity index (χ1) is 13.6. The number of nitrogens with two attached hydrogens (primary N) is 1. The van der Waals surface area contributed by atoms with Crippen molar-refractivity contribution in [2.45, 2.75) is 0 Å². The normalized spacial score (nSPS) is 10.7. The summed E-state index contributed by atoms with van der Waals surface area (Å²) in [6, 6.07) is 20.3. The molecule has 0 aliphatic heterocycles. The number of hydrazone groups is 1. The Morgan fingerprint density at radius 2 is 1.68 bits per heavy atom. The highest BCUT2D eigenvalue weighted by atomic mass is 16.5. The van der Waals surface area contributed by atoms with Crippen molar-refractivity contribution in [2.75, 3.05) is 13.2 Å². The van der Waals surface area contributed by atoms with Gasteiger partial charge in [0.25, 0.3) is 11.8 Å². The zero-order valence-corrected chi connectivity index (χ0v) is 15.0. The zero-order valence-electron chi connectivity index (χ0n) is 15.0. The number of primary amides is 1. The van der Waals surface area contributed by atoms with E-state index in [0.29, 0.717) is 11.5 Å². The van der Waals surface area contributed by atoms with Crippen LogP contribution in [0.1, 0.15) is 5.56 Å². The van der Waals surface area contributed by atoms with Crippen LogP contribution in [0.25, 0.3) is 10.8 Å². The minimum Gasteiger partial charge on any atom is -0.484 e. The first-order valence-electron chi connectivity index (χ1n) is 8.55. The molecule has 3 aromatic rings. The molecule has 3 rings (SSSR count). The van der Waals surface area contributed by atoms with Gasteiger partial charge >= 0.3 is 0 Å². The Hall–Kier alpha value is -3.87. The monoisotopic (exact) mass is 377 g/mol. The summed E-state index contributed by atoms with van der Waals surface area (Å²) in [5, 5.41) is 5.89. The number of nitrogens with one attached hydrogen (secondary N) is 1. The Morgan fingerprint density at radius 1 is 0.929 bits per heavy atom. The summed E-state index contributed by atoms with van der Waals surface area (Å²) >= 11 is 0. The van der Waals surface area contributed by atoms with Crippen molar-refractivity contribution in [3.05, 3.63) is 72.3 Å². The lowest BCUT2D eigenvalue weighted by Gasteiger charge is -2.08. The molecule has 0 spiro atoms. The van der Waals surface area contributed by atoms with Gasteiger partial charge in [0.15, 0.2) is 13.2 Å². The van der Waals surface area contributed by atoms with Crippen molar-refractivity contribution in [3.8, 4) is 11.5 Å². The smallest absolute Gasteiger partial charge is 0.277 e. The minimum absolute atomic E-state index is 0.148. The Labute approximate surface area is 161 Å². The predicted molar refractivity (Wildman–Crippen MR) is 106 cm³/mol. The largest absolute Gasteiger partial charge is 0.484 e. The van der Waals surface area contributed by atoms with Crippen molar-refractivity contribution >= 4 is 28.8 Å². The van der Waals surface area contributed by atoms with Crippen LogP contribution in [-0.2, 0) is 9.59 Å². The molecular formula is C21H19N3O4. The van der Waals surface area contributed by atoms with Crippen molar-refractivity contribution in [2.24, 2.45) is 10.8 Å². The number of nitrogens with zero attached hydrogens (tertiary/aromatic N) is 1. The fourth-order valence-electron chi connectivity index (χ4n) is 2.48. The van der Waals surface area contributed by atoms with Crippen LogP contribution in [0.2, 0.25) is 0 Å². The quantitative estimate of drug-likeness (QED) is 0.464. The number of benzene rings is 3. The van der Waals surface area contributed by atoms with E-state index in [0.717, 1.165) is 16.3 Å². The van der Waals surface area contributed by atoms with Gasteiger partial charge in [-0.2, -0.15) is 5.10 Å². The third kappa shape index (κ3) is 5.31. The number of amides is 2. The highest BCUT2D eigenvalue weighted by Gasteiger charge is 2.05. The van der Waals surface area contributed by atoms with E-state index in [1.54, 1.807) is 24.3 Å². The molecule has 3 N–H and O–H groups in total. The topological polar surface area (TPSA) is 103 Å².